The Bertz CT molecular complexity index is 846. The molecule has 0 unspecified atom stereocenters. The summed E-state index contributed by atoms with van der Waals surface area (Å²) < 4.78 is 0. The summed E-state index contributed by atoms with van der Waals surface area (Å²) >= 11 is 1.72. The molecule has 0 radical (unpaired) electrons. The van der Waals surface area contributed by atoms with Crippen LogP contribution in [0.4, 0.5) is 5.82 Å². The zero-order valence-corrected chi connectivity index (χ0v) is 12.5. The lowest BCUT2D eigenvalue weighted by atomic mass is 10.2. The summed E-state index contributed by atoms with van der Waals surface area (Å²) in [6.07, 6.45) is 6.43. The van der Waals surface area contributed by atoms with Crippen molar-refractivity contribution in [3.63, 3.8) is 0 Å². The van der Waals surface area contributed by atoms with E-state index in [1.165, 1.54) is 23.2 Å². The summed E-state index contributed by atoms with van der Waals surface area (Å²) in [5.41, 5.74) is 7.24. The predicted octanol–water partition coefficient (Wildman–Crippen LogP) is 2.33. The Morgan fingerprint density at radius 2 is 2.14 bits per heavy atom. The lowest BCUT2D eigenvalue weighted by Crippen LogP contribution is -2.30. The Kier molecular flexibility index (Phi) is 3.19. The number of hydrogen-bond donors (Lipinski definition) is 2. The number of nitrogens with zero attached hydrogens (tertiary/aromatic N) is 3. The van der Waals surface area contributed by atoms with Crippen LogP contribution in [-0.4, -0.2) is 20.9 Å². The molecule has 2 N–H and O–H groups in total. The molecule has 22 heavy (non-hydrogen) atoms. The Morgan fingerprint density at radius 1 is 1.18 bits per heavy atom. The first kappa shape index (κ1) is 13.1. The predicted molar refractivity (Wildman–Crippen MR) is 84.8 cm³/mol. The molecule has 6 nitrogen and oxygen atoms in total. The summed E-state index contributed by atoms with van der Waals surface area (Å²) in [5.74, 6) is 0.355. The number of fused-ring (bicyclic) bond motifs is 3. The van der Waals surface area contributed by atoms with E-state index in [1.807, 2.05) is 0 Å². The van der Waals surface area contributed by atoms with Crippen molar-refractivity contribution < 1.29 is 4.79 Å². The first-order valence-electron chi connectivity index (χ1n) is 7.05. The molecule has 0 spiro atoms. The SMILES string of the molecule is O=C(NNc1ncnc2sc3c(c12)CCC3)c1ccccn1. The van der Waals surface area contributed by atoms with Gasteiger partial charge in [-0.05, 0) is 37.0 Å². The van der Waals surface area contributed by atoms with Gasteiger partial charge in [0.2, 0.25) is 0 Å². The fourth-order valence-electron chi connectivity index (χ4n) is 2.70. The van der Waals surface area contributed by atoms with E-state index < -0.39 is 0 Å². The second-order valence-electron chi connectivity index (χ2n) is 5.05. The van der Waals surface area contributed by atoms with E-state index in [4.69, 9.17) is 0 Å². The number of nitrogens with one attached hydrogen (secondary N) is 2. The van der Waals surface area contributed by atoms with Gasteiger partial charge in [-0.2, -0.15) is 0 Å². The van der Waals surface area contributed by atoms with Crippen LogP contribution in [0.3, 0.4) is 0 Å². The van der Waals surface area contributed by atoms with Crippen molar-refractivity contribution in [2.24, 2.45) is 0 Å². The van der Waals surface area contributed by atoms with Crippen molar-refractivity contribution in [1.29, 1.82) is 0 Å². The third-order valence-electron chi connectivity index (χ3n) is 3.69. The van der Waals surface area contributed by atoms with Crippen LogP contribution >= 0.6 is 11.3 Å². The molecule has 3 aromatic heterocycles. The van der Waals surface area contributed by atoms with Gasteiger partial charge in [-0.15, -0.1) is 11.3 Å². The second kappa shape index (κ2) is 5.34. The zero-order chi connectivity index (χ0) is 14.9. The number of carbonyl (C=O) groups is 1. The zero-order valence-electron chi connectivity index (χ0n) is 11.7. The van der Waals surface area contributed by atoms with Crippen molar-refractivity contribution >= 4 is 33.3 Å². The molecule has 0 bridgehead atoms. The summed E-state index contributed by atoms with van der Waals surface area (Å²) in [5, 5.41) is 1.03. The molecule has 1 amide bonds. The van der Waals surface area contributed by atoms with Gasteiger partial charge in [-0.1, -0.05) is 6.07 Å². The molecule has 1 aliphatic carbocycles. The minimum Gasteiger partial charge on any atom is -0.281 e. The average Bonchev–Trinajstić information content (AvgIpc) is 3.14. The Labute approximate surface area is 130 Å². The number of pyridine rings is 1. The molecule has 4 rings (SSSR count). The summed E-state index contributed by atoms with van der Waals surface area (Å²) in [7, 11) is 0. The summed E-state index contributed by atoms with van der Waals surface area (Å²) in [6.45, 7) is 0. The lowest BCUT2D eigenvalue weighted by Gasteiger charge is -2.08. The Morgan fingerprint density at radius 3 is 3.00 bits per heavy atom. The van der Waals surface area contributed by atoms with Crippen LogP contribution in [0.25, 0.3) is 10.2 Å². The first-order valence-corrected chi connectivity index (χ1v) is 7.87. The van der Waals surface area contributed by atoms with Gasteiger partial charge in [0, 0.05) is 11.1 Å². The molecular formula is C15H13N5OS. The van der Waals surface area contributed by atoms with Crippen LogP contribution in [-0.2, 0) is 12.8 Å². The summed E-state index contributed by atoms with van der Waals surface area (Å²) in [4.78, 5) is 27.0. The Balaban J connectivity index is 1.61. The van der Waals surface area contributed by atoms with E-state index in [0.29, 0.717) is 11.5 Å². The number of amides is 1. The van der Waals surface area contributed by atoms with Crippen molar-refractivity contribution in [1.82, 2.24) is 20.4 Å². The van der Waals surface area contributed by atoms with Crippen LogP contribution in [0.2, 0.25) is 0 Å². The quantitative estimate of drug-likeness (QED) is 0.726. The maximum atomic E-state index is 12.0. The van der Waals surface area contributed by atoms with E-state index in [-0.39, 0.29) is 5.91 Å². The van der Waals surface area contributed by atoms with Crippen LogP contribution in [0.5, 0.6) is 0 Å². The number of anilines is 1. The first-order chi connectivity index (χ1) is 10.8. The van der Waals surface area contributed by atoms with Gasteiger partial charge in [0.1, 0.15) is 16.9 Å². The summed E-state index contributed by atoms with van der Waals surface area (Å²) in [6, 6.07) is 5.21. The fourth-order valence-corrected chi connectivity index (χ4v) is 3.93. The number of aryl methyl sites for hydroxylation is 2. The van der Waals surface area contributed by atoms with Gasteiger partial charge in [0.15, 0.2) is 5.82 Å². The van der Waals surface area contributed by atoms with Crippen molar-refractivity contribution in [2.45, 2.75) is 19.3 Å². The molecule has 110 valence electrons. The van der Waals surface area contributed by atoms with E-state index in [0.717, 1.165) is 23.1 Å². The minimum atomic E-state index is -0.292. The van der Waals surface area contributed by atoms with Crippen molar-refractivity contribution in [3.8, 4) is 0 Å². The standard InChI is InChI=1S/C15H13N5OS/c21-14(10-5-1-2-7-16-10)20-19-13-12-9-4-3-6-11(9)22-15(12)18-8-17-13/h1-2,5,7-8H,3-4,6H2,(H,20,21)(H,17,18,19). The topological polar surface area (TPSA) is 79.8 Å². The molecule has 0 saturated carbocycles. The van der Waals surface area contributed by atoms with Crippen molar-refractivity contribution in [2.75, 3.05) is 5.43 Å². The highest BCUT2D eigenvalue weighted by molar-refractivity contribution is 7.19. The highest BCUT2D eigenvalue weighted by Crippen LogP contribution is 2.38. The highest BCUT2D eigenvalue weighted by atomic mass is 32.1. The van der Waals surface area contributed by atoms with Gasteiger partial charge in [0.05, 0.1) is 5.39 Å². The molecule has 0 aliphatic heterocycles. The third-order valence-corrected chi connectivity index (χ3v) is 4.89. The minimum absolute atomic E-state index is 0.292. The molecule has 0 atom stereocenters. The third kappa shape index (κ3) is 2.19. The van der Waals surface area contributed by atoms with Gasteiger partial charge in [0.25, 0.3) is 5.91 Å². The number of thiophene rings is 1. The molecule has 0 aromatic carbocycles. The number of aromatic nitrogens is 3. The molecule has 0 saturated heterocycles. The monoisotopic (exact) mass is 311 g/mol. The maximum Gasteiger partial charge on any atom is 0.288 e. The van der Waals surface area contributed by atoms with E-state index in [9.17, 15) is 4.79 Å². The number of hydrogen-bond acceptors (Lipinski definition) is 6. The molecule has 3 aromatic rings. The normalized spacial score (nSPS) is 13.1. The largest absolute Gasteiger partial charge is 0.288 e. The smallest absolute Gasteiger partial charge is 0.281 e. The van der Waals surface area contributed by atoms with Gasteiger partial charge >= 0.3 is 0 Å². The molecular weight excluding hydrogens is 298 g/mol. The average molecular weight is 311 g/mol. The van der Waals surface area contributed by atoms with Gasteiger partial charge in [-0.3, -0.25) is 20.6 Å². The second-order valence-corrected chi connectivity index (χ2v) is 6.14. The van der Waals surface area contributed by atoms with Gasteiger partial charge < -0.3 is 0 Å². The van der Waals surface area contributed by atoms with Crippen LogP contribution in [0.15, 0.2) is 30.7 Å². The molecule has 7 heteroatoms. The number of carbonyl (C=O) groups excluding carboxylic acids is 1. The number of hydrazine groups is 1. The number of rotatable bonds is 3. The fraction of sp³-hybridized carbons (Fsp3) is 0.200. The lowest BCUT2D eigenvalue weighted by molar-refractivity contribution is 0.0957. The van der Waals surface area contributed by atoms with Gasteiger partial charge in [-0.25, -0.2) is 9.97 Å². The molecule has 3 heterocycles. The Hall–Kier alpha value is -2.54. The maximum absolute atomic E-state index is 12.0. The molecule has 0 fully saturated rings. The molecule has 1 aliphatic rings. The van der Waals surface area contributed by atoms with Crippen molar-refractivity contribution in [3.05, 3.63) is 46.9 Å². The van der Waals surface area contributed by atoms with E-state index in [2.05, 4.69) is 25.8 Å². The van der Waals surface area contributed by atoms with E-state index in [1.54, 1.807) is 35.7 Å². The van der Waals surface area contributed by atoms with Crippen LogP contribution in [0, 0.1) is 0 Å². The van der Waals surface area contributed by atoms with Crippen LogP contribution < -0.4 is 10.9 Å². The van der Waals surface area contributed by atoms with Crippen LogP contribution in [0.1, 0.15) is 27.3 Å². The highest BCUT2D eigenvalue weighted by Gasteiger charge is 2.21. The van der Waals surface area contributed by atoms with E-state index >= 15 is 0 Å².